The van der Waals surface area contributed by atoms with E-state index in [0.717, 1.165) is 25.7 Å². The molecule has 0 unspecified atom stereocenters. The second-order valence-corrected chi connectivity index (χ2v) is 4.96. The average molecular weight is 236 g/mol. The van der Waals surface area contributed by atoms with Crippen molar-refractivity contribution >= 4 is 11.6 Å². The Morgan fingerprint density at radius 2 is 2.06 bits per heavy atom. The summed E-state index contributed by atoms with van der Waals surface area (Å²) in [6.07, 6.45) is 4.11. The van der Waals surface area contributed by atoms with Crippen LogP contribution in [0.4, 0.5) is 10.1 Å². The van der Waals surface area contributed by atoms with Crippen LogP contribution in [0.15, 0.2) is 18.2 Å². The van der Waals surface area contributed by atoms with E-state index in [2.05, 4.69) is 5.32 Å². The molecule has 0 spiro atoms. The number of hydrogen-bond donors (Lipinski definition) is 2. The smallest absolute Gasteiger partial charge is 0.254 e. The normalized spacial score (nSPS) is 18.0. The largest absolute Gasteiger partial charge is 0.399 e. The Bertz CT molecular complexity index is 439. The fourth-order valence-electron chi connectivity index (χ4n) is 2.34. The van der Waals surface area contributed by atoms with Gasteiger partial charge >= 0.3 is 0 Å². The number of benzene rings is 1. The number of carbonyl (C=O) groups is 1. The molecule has 1 aliphatic carbocycles. The highest BCUT2D eigenvalue weighted by atomic mass is 19.1. The van der Waals surface area contributed by atoms with Crippen molar-refractivity contribution in [3.8, 4) is 0 Å². The third-order valence-corrected chi connectivity index (χ3v) is 3.36. The summed E-state index contributed by atoms with van der Waals surface area (Å²) < 4.78 is 13.5. The molecule has 0 atom stereocenters. The van der Waals surface area contributed by atoms with Crippen molar-refractivity contribution in [2.45, 2.75) is 38.1 Å². The van der Waals surface area contributed by atoms with Crippen molar-refractivity contribution in [3.63, 3.8) is 0 Å². The number of nitrogen functional groups attached to an aromatic ring is 1. The molecule has 1 saturated carbocycles. The first-order valence-electron chi connectivity index (χ1n) is 5.88. The molecule has 17 heavy (non-hydrogen) atoms. The Kier molecular flexibility index (Phi) is 3.05. The average Bonchev–Trinajstić information content (AvgIpc) is 2.68. The minimum absolute atomic E-state index is 0.0260. The number of halogens is 1. The van der Waals surface area contributed by atoms with Crippen LogP contribution in [-0.2, 0) is 0 Å². The lowest BCUT2D eigenvalue weighted by Gasteiger charge is -2.25. The van der Waals surface area contributed by atoms with E-state index >= 15 is 0 Å². The fourth-order valence-corrected chi connectivity index (χ4v) is 2.34. The van der Waals surface area contributed by atoms with Gasteiger partial charge in [0.25, 0.3) is 5.91 Å². The van der Waals surface area contributed by atoms with Crippen LogP contribution < -0.4 is 11.1 Å². The molecule has 0 bridgehead atoms. The van der Waals surface area contributed by atoms with Gasteiger partial charge in [-0.3, -0.25) is 4.79 Å². The lowest BCUT2D eigenvalue weighted by molar-refractivity contribution is 0.0904. The molecule has 0 radical (unpaired) electrons. The lowest BCUT2D eigenvalue weighted by Crippen LogP contribution is -2.43. The third-order valence-electron chi connectivity index (χ3n) is 3.36. The van der Waals surface area contributed by atoms with Gasteiger partial charge in [-0.1, -0.05) is 12.8 Å². The van der Waals surface area contributed by atoms with E-state index < -0.39 is 5.82 Å². The van der Waals surface area contributed by atoms with Gasteiger partial charge in [0.1, 0.15) is 5.82 Å². The number of anilines is 1. The molecule has 3 nitrogen and oxygen atoms in total. The quantitative estimate of drug-likeness (QED) is 0.775. The molecule has 0 heterocycles. The SMILES string of the molecule is CC1(NC(=O)c2cc(N)ccc2F)CCCC1. The molecule has 1 aromatic carbocycles. The Labute approximate surface area is 100 Å². The number of hydrogen-bond acceptors (Lipinski definition) is 2. The topological polar surface area (TPSA) is 55.1 Å². The van der Waals surface area contributed by atoms with Crippen LogP contribution >= 0.6 is 0 Å². The second-order valence-electron chi connectivity index (χ2n) is 4.96. The summed E-state index contributed by atoms with van der Waals surface area (Å²) in [6.45, 7) is 2.00. The van der Waals surface area contributed by atoms with Gasteiger partial charge < -0.3 is 11.1 Å². The minimum atomic E-state index is -0.529. The van der Waals surface area contributed by atoms with Crippen molar-refractivity contribution in [2.75, 3.05) is 5.73 Å². The second kappa shape index (κ2) is 4.35. The van der Waals surface area contributed by atoms with E-state index in [1.165, 1.54) is 18.2 Å². The molecule has 1 amide bonds. The highest BCUT2D eigenvalue weighted by molar-refractivity contribution is 5.95. The predicted octanol–water partition coefficient (Wildman–Crippen LogP) is 2.47. The van der Waals surface area contributed by atoms with Crippen molar-refractivity contribution in [2.24, 2.45) is 0 Å². The Morgan fingerprint density at radius 1 is 1.41 bits per heavy atom. The van der Waals surface area contributed by atoms with Gasteiger partial charge in [-0.15, -0.1) is 0 Å². The minimum Gasteiger partial charge on any atom is -0.399 e. The number of carbonyl (C=O) groups excluding carboxylic acids is 1. The first kappa shape index (κ1) is 11.9. The Morgan fingerprint density at radius 3 is 2.71 bits per heavy atom. The van der Waals surface area contributed by atoms with Gasteiger partial charge in [0, 0.05) is 11.2 Å². The highest BCUT2D eigenvalue weighted by Crippen LogP contribution is 2.29. The molecule has 3 N–H and O–H groups in total. The molecule has 0 aliphatic heterocycles. The zero-order chi connectivity index (χ0) is 12.5. The Balaban J connectivity index is 2.17. The number of nitrogens with two attached hydrogens (primary N) is 1. The molecule has 1 aliphatic rings. The van der Waals surface area contributed by atoms with E-state index in [0.29, 0.717) is 5.69 Å². The van der Waals surface area contributed by atoms with Crippen LogP contribution in [0.2, 0.25) is 0 Å². The van der Waals surface area contributed by atoms with Crippen LogP contribution in [0.5, 0.6) is 0 Å². The summed E-state index contributed by atoms with van der Waals surface area (Å²) in [5.74, 6) is -0.905. The van der Waals surface area contributed by atoms with E-state index in [4.69, 9.17) is 5.73 Å². The summed E-state index contributed by atoms with van der Waals surface area (Å²) in [6, 6.07) is 4.05. The van der Waals surface area contributed by atoms with Gasteiger partial charge in [-0.05, 0) is 38.0 Å². The van der Waals surface area contributed by atoms with Gasteiger partial charge in [0.2, 0.25) is 0 Å². The van der Waals surface area contributed by atoms with Gasteiger partial charge in [0.05, 0.1) is 5.56 Å². The van der Waals surface area contributed by atoms with Gasteiger partial charge in [-0.25, -0.2) is 4.39 Å². The van der Waals surface area contributed by atoms with Gasteiger partial charge in [0.15, 0.2) is 0 Å². The molecular weight excluding hydrogens is 219 g/mol. The first-order valence-corrected chi connectivity index (χ1v) is 5.88. The summed E-state index contributed by atoms with van der Waals surface area (Å²) in [4.78, 5) is 12.0. The summed E-state index contributed by atoms with van der Waals surface area (Å²) in [5.41, 5.74) is 5.78. The predicted molar refractivity (Wildman–Crippen MR) is 65.2 cm³/mol. The van der Waals surface area contributed by atoms with E-state index in [1.54, 1.807) is 0 Å². The molecule has 0 saturated heterocycles. The maximum Gasteiger partial charge on any atom is 0.254 e. The van der Waals surface area contributed by atoms with Crippen molar-refractivity contribution in [1.82, 2.24) is 5.32 Å². The number of amides is 1. The molecule has 1 fully saturated rings. The number of nitrogens with one attached hydrogen (secondary N) is 1. The molecule has 92 valence electrons. The first-order chi connectivity index (χ1) is 8.00. The molecule has 0 aromatic heterocycles. The molecular formula is C13H17FN2O. The van der Waals surface area contributed by atoms with E-state index in [1.807, 2.05) is 6.92 Å². The summed E-state index contributed by atoms with van der Waals surface area (Å²) in [5, 5.41) is 2.91. The summed E-state index contributed by atoms with van der Waals surface area (Å²) >= 11 is 0. The van der Waals surface area contributed by atoms with E-state index in [-0.39, 0.29) is 17.0 Å². The monoisotopic (exact) mass is 236 g/mol. The maximum absolute atomic E-state index is 13.5. The molecule has 1 aromatic rings. The maximum atomic E-state index is 13.5. The van der Waals surface area contributed by atoms with Gasteiger partial charge in [-0.2, -0.15) is 0 Å². The zero-order valence-electron chi connectivity index (χ0n) is 9.92. The lowest BCUT2D eigenvalue weighted by atomic mass is 10.00. The molecule has 2 rings (SSSR count). The van der Waals surface area contributed by atoms with Crippen molar-refractivity contribution < 1.29 is 9.18 Å². The zero-order valence-corrected chi connectivity index (χ0v) is 9.92. The fraction of sp³-hybridized carbons (Fsp3) is 0.462. The van der Waals surface area contributed by atoms with Crippen LogP contribution in [-0.4, -0.2) is 11.4 Å². The van der Waals surface area contributed by atoms with Crippen LogP contribution in [0.1, 0.15) is 43.0 Å². The summed E-state index contributed by atoms with van der Waals surface area (Å²) in [7, 11) is 0. The Hall–Kier alpha value is -1.58. The molecule has 4 heteroatoms. The van der Waals surface area contributed by atoms with Crippen molar-refractivity contribution in [3.05, 3.63) is 29.6 Å². The van der Waals surface area contributed by atoms with Crippen LogP contribution in [0, 0.1) is 5.82 Å². The van der Waals surface area contributed by atoms with Crippen LogP contribution in [0.25, 0.3) is 0 Å². The standard InChI is InChI=1S/C13H17FN2O/c1-13(6-2-3-7-13)16-12(17)10-8-9(15)4-5-11(10)14/h4-5,8H,2-3,6-7,15H2,1H3,(H,16,17). The third kappa shape index (κ3) is 2.57. The number of rotatable bonds is 2. The van der Waals surface area contributed by atoms with Crippen LogP contribution in [0.3, 0.4) is 0 Å². The van der Waals surface area contributed by atoms with E-state index in [9.17, 15) is 9.18 Å². The van der Waals surface area contributed by atoms with Crippen molar-refractivity contribution in [1.29, 1.82) is 0 Å². The highest BCUT2D eigenvalue weighted by Gasteiger charge is 2.31.